The fourth-order valence-electron chi connectivity index (χ4n) is 4.26. The molecule has 0 aromatic rings. The molecule has 19 heavy (non-hydrogen) atoms. The molecule has 0 heterocycles. The van der Waals surface area contributed by atoms with Gasteiger partial charge in [0, 0.05) is 0 Å². The third-order valence-corrected chi connectivity index (χ3v) is 5.15. The van der Waals surface area contributed by atoms with Crippen LogP contribution in [-0.4, -0.2) is 22.2 Å². The van der Waals surface area contributed by atoms with Gasteiger partial charge in [0.15, 0.2) is 0 Å². The Kier molecular flexibility index (Phi) is 4.48. The summed E-state index contributed by atoms with van der Waals surface area (Å²) in [7, 11) is 0. The van der Waals surface area contributed by atoms with Gasteiger partial charge in [-0.2, -0.15) is 0 Å². The number of hydrogen-bond acceptors (Lipinski definition) is 2. The molecule has 5 unspecified atom stereocenters. The first-order chi connectivity index (χ1) is 9.02. The van der Waals surface area contributed by atoms with Gasteiger partial charge in [0.05, 0.1) is 11.8 Å². The van der Waals surface area contributed by atoms with Gasteiger partial charge in [-0.3, -0.25) is 9.59 Å². The lowest BCUT2D eigenvalue weighted by molar-refractivity contribution is -0.153. The summed E-state index contributed by atoms with van der Waals surface area (Å²) in [5.74, 6) is -1.08. The maximum absolute atomic E-state index is 11.5. The summed E-state index contributed by atoms with van der Waals surface area (Å²) < 4.78 is 0. The maximum Gasteiger partial charge on any atom is 0.306 e. The van der Waals surface area contributed by atoms with Gasteiger partial charge >= 0.3 is 11.9 Å². The number of hydrogen-bond donors (Lipinski definition) is 2. The van der Waals surface area contributed by atoms with Crippen LogP contribution in [0.25, 0.3) is 0 Å². The molecular formula is C15H24O4. The van der Waals surface area contributed by atoms with Gasteiger partial charge in [0.25, 0.3) is 0 Å². The molecule has 2 aliphatic carbocycles. The van der Waals surface area contributed by atoms with E-state index in [4.69, 9.17) is 5.11 Å². The zero-order valence-electron chi connectivity index (χ0n) is 11.5. The molecule has 2 N–H and O–H groups in total. The van der Waals surface area contributed by atoms with Crippen LogP contribution in [0.5, 0.6) is 0 Å². The van der Waals surface area contributed by atoms with Crippen LogP contribution in [-0.2, 0) is 9.59 Å². The van der Waals surface area contributed by atoms with Crippen molar-refractivity contribution in [1.29, 1.82) is 0 Å². The summed E-state index contributed by atoms with van der Waals surface area (Å²) in [6.45, 7) is 2.14. The van der Waals surface area contributed by atoms with Gasteiger partial charge in [-0.1, -0.05) is 19.8 Å². The number of aliphatic carboxylic acids is 2. The number of carboxylic acid groups (broad SMARTS) is 2. The van der Waals surface area contributed by atoms with Crippen molar-refractivity contribution in [2.45, 2.75) is 51.9 Å². The fraction of sp³-hybridized carbons (Fsp3) is 0.867. The van der Waals surface area contributed by atoms with Gasteiger partial charge in [0.2, 0.25) is 0 Å². The van der Waals surface area contributed by atoms with Crippen LogP contribution in [0, 0.1) is 29.6 Å². The Bertz CT molecular complexity index is 352. The molecule has 4 nitrogen and oxygen atoms in total. The first-order valence-corrected chi connectivity index (χ1v) is 7.48. The van der Waals surface area contributed by atoms with E-state index in [1.165, 1.54) is 0 Å². The Labute approximate surface area is 114 Å². The van der Waals surface area contributed by atoms with Crippen molar-refractivity contribution in [3.8, 4) is 0 Å². The third kappa shape index (κ3) is 3.10. The first kappa shape index (κ1) is 14.4. The second kappa shape index (κ2) is 5.93. The number of rotatable bonds is 4. The van der Waals surface area contributed by atoms with Crippen molar-refractivity contribution in [2.75, 3.05) is 0 Å². The van der Waals surface area contributed by atoms with E-state index in [-0.39, 0.29) is 17.8 Å². The van der Waals surface area contributed by atoms with E-state index in [1.807, 2.05) is 0 Å². The van der Waals surface area contributed by atoms with Crippen molar-refractivity contribution in [3.05, 3.63) is 0 Å². The molecule has 0 radical (unpaired) electrons. The summed E-state index contributed by atoms with van der Waals surface area (Å²) >= 11 is 0. The van der Waals surface area contributed by atoms with E-state index < -0.39 is 11.9 Å². The molecule has 0 bridgehead atoms. The molecule has 5 atom stereocenters. The molecule has 108 valence electrons. The zero-order chi connectivity index (χ0) is 14.0. The normalized spacial score (nSPS) is 38.5. The Hall–Kier alpha value is -1.06. The zero-order valence-corrected chi connectivity index (χ0v) is 11.5. The minimum atomic E-state index is -0.752. The van der Waals surface area contributed by atoms with Crippen LogP contribution < -0.4 is 0 Å². The third-order valence-electron chi connectivity index (χ3n) is 5.15. The van der Waals surface area contributed by atoms with Crippen LogP contribution in [0.3, 0.4) is 0 Å². The molecular weight excluding hydrogens is 244 g/mol. The molecule has 0 aliphatic heterocycles. The minimum absolute atomic E-state index is 0.0838. The number of carbonyl (C=O) groups is 2. The van der Waals surface area contributed by atoms with E-state index in [1.54, 1.807) is 0 Å². The van der Waals surface area contributed by atoms with Crippen molar-refractivity contribution < 1.29 is 19.8 Å². The van der Waals surface area contributed by atoms with E-state index >= 15 is 0 Å². The summed E-state index contributed by atoms with van der Waals surface area (Å²) in [5, 5.41) is 18.6. The van der Waals surface area contributed by atoms with E-state index in [0.29, 0.717) is 18.3 Å². The van der Waals surface area contributed by atoms with Crippen LogP contribution in [0.15, 0.2) is 0 Å². The second-order valence-electron chi connectivity index (χ2n) is 6.34. The number of carboxylic acids is 2. The van der Waals surface area contributed by atoms with Gasteiger partial charge in [0.1, 0.15) is 0 Å². The van der Waals surface area contributed by atoms with E-state index in [9.17, 15) is 14.7 Å². The quantitative estimate of drug-likeness (QED) is 0.822. The second-order valence-corrected chi connectivity index (χ2v) is 6.34. The fourth-order valence-corrected chi connectivity index (χ4v) is 4.26. The highest BCUT2D eigenvalue weighted by Gasteiger charge is 2.45. The summed E-state index contributed by atoms with van der Waals surface area (Å²) in [6, 6.07) is 0. The molecule has 2 saturated carbocycles. The van der Waals surface area contributed by atoms with Crippen molar-refractivity contribution in [2.24, 2.45) is 29.6 Å². The lowest BCUT2D eigenvalue weighted by atomic mass is 9.60. The highest BCUT2D eigenvalue weighted by atomic mass is 16.4. The predicted molar refractivity (Wildman–Crippen MR) is 70.7 cm³/mol. The molecule has 2 rings (SSSR count). The highest BCUT2D eigenvalue weighted by Crippen LogP contribution is 2.48. The average molecular weight is 268 g/mol. The van der Waals surface area contributed by atoms with Gasteiger partial charge in [-0.15, -0.1) is 0 Å². The monoisotopic (exact) mass is 268 g/mol. The average Bonchev–Trinajstić information content (AvgIpc) is 2.37. The Morgan fingerprint density at radius 3 is 2.37 bits per heavy atom. The largest absolute Gasteiger partial charge is 0.481 e. The van der Waals surface area contributed by atoms with Crippen molar-refractivity contribution >= 4 is 11.9 Å². The summed E-state index contributed by atoms with van der Waals surface area (Å²) in [6.07, 6.45) is 6.25. The van der Waals surface area contributed by atoms with Gasteiger partial charge in [-0.25, -0.2) is 0 Å². The van der Waals surface area contributed by atoms with Crippen molar-refractivity contribution in [1.82, 2.24) is 0 Å². The molecule has 4 heteroatoms. The minimum Gasteiger partial charge on any atom is -0.481 e. The lowest BCUT2D eigenvalue weighted by Gasteiger charge is -2.44. The van der Waals surface area contributed by atoms with Crippen LogP contribution in [0.2, 0.25) is 0 Å². The summed E-state index contributed by atoms with van der Waals surface area (Å²) in [4.78, 5) is 22.6. The maximum atomic E-state index is 11.5. The smallest absolute Gasteiger partial charge is 0.306 e. The van der Waals surface area contributed by atoms with Crippen LogP contribution in [0.4, 0.5) is 0 Å². The topological polar surface area (TPSA) is 74.6 Å². The number of fused-ring (bicyclic) bond motifs is 1. The summed E-state index contributed by atoms with van der Waals surface area (Å²) in [5.41, 5.74) is 0. The van der Waals surface area contributed by atoms with Crippen LogP contribution >= 0.6 is 0 Å². The predicted octanol–water partition coefficient (Wildman–Crippen LogP) is 3.01. The Morgan fingerprint density at radius 2 is 1.79 bits per heavy atom. The standard InChI is InChI=1S/C15H24O4/c1-2-3-9-6-10-4-5-11(14(16)17)8-12(10)13(7-9)15(18)19/h9-13H,2-8H2,1H3,(H,16,17)(H,18,19). The molecule has 0 aromatic heterocycles. The molecule has 0 spiro atoms. The lowest BCUT2D eigenvalue weighted by Crippen LogP contribution is -2.42. The molecule has 0 aromatic carbocycles. The Morgan fingerprint density at radius 1 is 1.05 bits per heavy atom. The molecule has 0 amide bonds. The van der Waals surface area contributed by atoms with Gasteiger partial charge < -0.3 is 10.2 Å². The van der Waals surface area contributed by atoms with Crippen LogP contribution in [0.1, 0.15) is 51.9 Å². The molecule has 0 saturated heterocycles. The molecule has 2 fully saturated rings. The van der Waals surface area contributed by atoms with E-state index in [0.717, 1.165) is 38.5 Å². The SMILES string of the molecule is CCCC1CC2CCC(C(=O)O)CC2C(C(=O)O)C1. The Balaban J connectivity index is 2.10. The van der Waals surface area contributed by atoms with E-state index in [2.05, 4.69) is 6.92 Å². The van der Waals surface area contributed by atoms with Crippen molar-refractivity contribution in [3.63, 3.8) is 0 Å². The highest BCUT2D eigenvalue weighted by molar-refractivity contribution is 5.72. The first-order valence-electron chi connectivity index (χ1n) is 7.48. The molecule has 2 aliphatic rings. The van der Waals surface area contributed by atoms with Gasteiger partial charge in [-0.05, 0) is 49.9 Å².